The third kappa shape index (κ3) is 2.36. The zero-order valence-electron chi connectivity index (χ0n) is 8.68. The van der Waals surface area contributed by atoms with Gasteiger partial charge in [-0.05, 0) is 13.8 Å². The SMILES string of the molecule is CC1CN(C(=O)O)C[C@@H](C)N1CCO. The number of piperazine rings is 1. The third-order valence-electron chi connectivity index (χ3n) is 2.73. The van der Waals surface area contributed by atoms with Crippen molar-refractivity contribution in [3.8, 4) is 0 Å². The lowest BCUT2D eigenvalue weighted by atomic mass is 10.1. The number of rotatable bonds is 2. The maximum Gasteiger partial charge on any atom is 0.407 e. The third-order valence-corrected chi connectivity index (χ3v) is 2.73. The molecule has 0 radical (unpaired) electrons. The summed E-state index contributed by atoms with van der Waals surface area (Å²) >= 11 is 0. The molecule has 0 aromatic carbocycles. The van der Waals surface area contributed by atoms with Crippen LogP contribution < -0.4 is 0 Å². The molecule has 0 spiro atoms. The van der Waals surface area contributed by atoms with Gasteiger partial charge in [0.05, 0.1) is 6.61 Å². The molecular formula is C9H18N2O3. The van der Waals surface area contributed by atoms with Crippen molar-refractivity contribution in [2.45, 2.75) is 25.9 Å². The molecule has 0 saturated carbocycles. The molecule has 2 N–H and O–H groups in total. The molecule has 1 fully saturated rings. The minimum absolute atomic E-state index is 0.127. The number of β-amino-alcohol motifs (C(OH)–C–C–N with tert-alkyl or cyclic N) is 1. The molecule has 1 amide bonds. The fraction of sp³-hybridized carbons (Fsp3) is 0.889. The molecule has 2 atom stereocenters. The van der Waals surface area contributed by atoms with E-state index in [1.807, 2.05) is 13.8 Å². The Morgan fingerprint density at radius 3 is 2.21 bits per heavy atom. The van der Waals surface area contributed by atoms with Crippen molar-refractivity contribution in [3.05, 3.63) is 0 Å². The van der Waals surface area contributed by atoms with Gasteiger partial charge >= 0.3 is 6.09 Å². The Balaban J connectivity index is 2.58. The van der Waals surface area contributed by atoms with Crippen molar-refractivity contribution in [1.82, 2.24) is 9.80 Å². The molecule has 1 aliphatic rings. The van der Waals surface area contributed by atoms with E-state index >= 15 is 0 Å². The molecule has 0 aliphatic carbocycles. The lowest BCUT2D eigenvalue weighted by Gasteiger charge is -2.43. The summed E-state index contributed by atoms with van der Waals surface area (Å²) in [6.45, 7) is 5.78. The summed E-state index contributed by atoms with van der Waals surface area (Å²) in [5.74, 6) is 0. The van der Waals surface area contributed by atoms with E-state index in [4.69, 9.17) is 10.2 Å². The minimum atomic E-state index is -0.854. The first-order chi connectivity index (χ1) is 6.56. The van der Waals surface area contributed by atoms with Gasteiger partial charge in [0.2, 0.25) is 0 Å². The largest absolute Gasteiger partial charge is 0.465 e. The molecule has 1 aliphatic heterocycles. The zero-order valence-corrected chi connectivity index (χ0v) is 8.68. The number of aliphatic hydroxyl groups is 1. The van der Waals surface area contributed by atoms with Crippen LogP contribution in [0, 0.1) is 0 Å². The summed E-state index contributed by atoms with van der Waals surface area (Å²) in [5, 5.41) is 17.7. The van der Waals surface area contributed by atoms with Gasteiger partial charge < -0.3 is 15.1 Å². The second-order valence-corrected chi connectivity index (χ2v) is 3.85. The van der Waals surface area contributed by atoms with Crippen molar-refractivity contribution in [2.24, 2.45) is 0 Å². The highest BCUT2D eigenvalue weighted by Crippen LogP contribution is 2.14. The number of carbonyl (C=O) groups is 1. The van der Waals surface area contributed by atoms with E-state index in [9.17, 15) is 4.79 Å². The van der Waals surface area contributed by atoms with Crippen molar-refractivity contribution in [3.63, 3.8) is 0 Å². The van der Waals surface area contributed by atoms with Crippen LogP contribution in [0.1, 0.15) is 13.8 Å². The van der Waals surface area contributed by atoms with Gasteiger partial charge in [-0.25, -0.2) is 4.79 Å². The topological polar surface area (TPSA) is 64.0 Å². The van der Waals surface area contributed by atoms with Gasteiger partial charge in [0.25, 0.3) is 0 Å². The molecule has 82 valence electrons. The van der Waals surface area contributed by atoms with Crippen molar-refractivity contribution >= 4 is 6.09 Å². The van der Waals surface area contributed by atoms with Crippen molar-refractivity contribution < 1.29 is 15.0 Å². The Morgan fingerprint density at radius 1 is 1.36 bits per heavy atom. The van der Waals surface area contributed by atoms with Crippen molar-refractivity contribution in [1.29, 1.82) is 0 Å². The number of nitrogens with zero attached hydrogens (tertiary/aromatic N) is 2. The number of aliphatic hydroxyl groups excluding tert-OH is 1. The molecule has 14 heavy (non-hydrogen) atoms. The van der Waals surface area contributed by atoms with Crippen LogP contribution in [0.3, 0.4) is 0 Å². The maximum atomic E-state index is 10.8. The van der Waals surface area contributed by atoms with Crippen LogP contribution in [0.5, 0.6) is 0 Å². The average molecular weight is 202 g/mol. The molecule has 1 unspecified atom stereocenters. The molecule has 0 bridgehead atoms. The van der Waals surface area contributed by atoms with Gasteiger partial charge in [0.1, 0.15) is 0 Å². The molecule has 0 aromatic rings. The second kappa shape index (κ2) is 4.61. The monoisotopic (exact) mass is 202 g/mol. The van der Waals surface area contributed by atoms with Crippen LogP contribution in [0.15, 0.2) is 0 Å². The maximum absolute atomic E-state index is 10.8. The first-order valence-electron chi connectivity index (χ1n) is 4.90. The van der Waals surface area contributed by atoms with E-state index < -0.39 is 6.09 Å². The molecular weight excluding hydrogens is 184 g/mol. The second-order valence-electron chi connectivity index (χ2n) is 3.85. The van der Waals surface area contributed by atoms with Gasteiger partial charge in [-0.2, -0.15) is 0 Å². The van der Waals surface area contributed by atoms with E-state index in [-0.39, 0.29) is 18.7 Å². The van der Waals surface area contributed by atoms with Crippen molar-refractivity contribution in [2.75, 3.05) is 26.2 Å². The lowest BCUT2D eigenvalue weighted by molar-refractivity contribution is 0.0300. The zero-order chi connectivity index (χ0) is 10.7. The van der Waals surface area contributed by atoms with E-state index in [2.05, 4.69) is 4.90 Å². The highest BCUT2D eigenvalue weighted by atomic mass is 16.4. The predicted molar refractivity (Wildman–Crippen MR) is 52.3 cm³/mol. The number of carboxylic acid groups (broad SMARTS) is 1. The smallest absolute Gasteiger partial charge is 0.407 e. The first-order valence-corrected chi connectivity index (χ1v) is 4.90. The van der Waals surface area contributed by atoms with Gasteiger partial charge in [-0.3, -0.25) is 4.90 Å². The lowest BCUT2D eigenvalue weighted by Crippen LogP contribution is -2.58. The molecule has 5 nitrogen and oxygen atoms in total. The summed E-state index contributed by atoms with van der Waals surface area (Å²) in [5.41, 5.74) is 0. The summed E-state index contributed by atoms with van der Waals surface area (Å²) < 4.78 is 0. The Hall–Kier alpha value is -0.810. The van der Waals surface area contributed by atoms with Crippen LogP contribution >= 0.6 is 0 Å². The predicted octanol–water partition coefficient (Wildman–Crippen LogP) is 0.0513. The Morgan fingerprint density at radius 2 is 1.86 bits per heavy atom. The van der Waals surface area contributed by atoms with E-state index in [1.165, 1.54) is 4.90 Å². The van der Waals surface area contributed by atoms with Crippen LogP contribution in [-0.2, 0) is 0 Å². The standard InChI is InChI=1S/C9H18N2O3/c1-7-5-10(9(13)14)6-8(2)11(7)3-4-12/h7-8,12H,3-6H2,1-2H3,(H,13,14)/t7-,8?/m1/s1. The minimum Gasteiger partial charge on any atom is -0.465 e. The first kappa shape index (κ1) is 11.3. The fourth-order valence-corrected chi connectivity index (χ4v) is 2.07. The van der Waals surface area contributed by atoms with E-state index in [0.29, 0.717) is 19.6 Å². The number of hydrogen-bond donors (Lipinski definition) is 2. The summed E-state index contributed by atoms with van der Waals surface area (Å²) in [6, 6.07) is 0.365. The van der Waals surface area contributed by atoms with Gasteiger partial charge in [-0.15, -0.1) is 0 Å². The highest BCUT2D eigenvalue weighted by Gasteiger charge is 2.30. The van der Waals surface area contributed by atoms with Crippen LogP contribution in [0.25, 0.3) is 0 Å². The van der Waals surface area contributed by atoms with Crippen LogP contribution in [0.2, 0.25) is 0 Å². The Kier molecular flexibility index (Phi) is 3.71. The van der Waals surface area contributed by atoms with Gasteiger partial charge in [0, 0.05) is 31.7 Å². The van der Waals surface area contributed by atoms with E-state index in [0.717, 1.165) is 0 Å². The van der Waals surface area contributed by atoms with Crippen LogP contribution in [-0.4, -0.2) is 64.4 Å². The summed E-state index contributed by atoms with van der Waals surface area (Å²) in [4.78, 5) is 14.3. The molecule has 1 saturated heterocycles. The molecule has 5 heteroatoms. The quantitative estimate of drug-likeness (QED) is 0.664. The summed E-state index contributed by atoms with van der Waals surface area (Å²) in [7, 11) is 0. The molecule has 1 rings (SSSR count). The van der Waals surface area contributed by atoms with Gasteiger partial charge in [-0.1, -0.05) is 0 Å². The Labute approximate surface area is 83.9 Å². The molecule has 1 heterocycles. The van der Waals surface area contributed by atoms with E-state index in [1.54, 1.807) is 0 Å². The summed E-state index contributed by atoms with van der Waals surface area (Å²) in [6.07, 6.45) is -0.854. The van der Waals surface area contributed by atoms with Gasteiger partial charge in [0.15, 0.2) is 0 Å². The molecule has 0 aromatic heterocycles. The van der Waals surface area contributed by atoms with Crippen LogP contribution in [0.4, 0.5) is 4.79 Å². The fourth-order valence-electron chi connectivity index (χ4n) is 2.07. The number of hydrogen-bond acceptors (Lipinski definition) is 3. The Bertz CT molecular complexity index is 198. The highest BCUT2D eigenvalue weighted by molar-refractivity contribution is 5.65. The average Bonchev–Trinajstić information content (AvgIpc) is 2.10. The normalized spacial score (nSPS) is 29.2. The number of amides is 1.